The van der Waals surface area contributed by atoms with E-state index >= 15 is 0 Å². The molecule has 1 heterocycles. The Kier molecular flexibility index (Phi) is 3.41. The maximum absolute atomic E-state index is 13.4. The van der Waals surface area contributed by atoms with E-state index in [1.165, 1.54) is 12.8 Å². The third kappa shape index (κ3) is 2.39. The quantitative estimate of drug-likeness (QED) is 0.764. The van der Waals surface area contributed by atoms with Crippen molar-refractivity contribution in [3.63, 3.8) is 0 Å². The van der Waals surface area contributed by atoms with Crippen molar-refractivity contribution in [2.24, 2.45) is 10.8 Å². The number of halogens is 2. The van der Waals surface area contributed by atoms with Gasteiger partial charge in [0, 0.05) is 23.3 Å². The molecule has 1 saturated heterocycles. The highest BCUT2D eigenvalue weighted by Gasteiger charge is 2.70. The minimum Gasteiger partial charge on any atom is -0.378 e. The molecule has 2 aliphatic carbocycles. The Balaban J connectivity index is 1.53. The Morgan fingerprint density at radius 2 is 1.60 bits per heavy atom. The molecule has 3 rings (SSSR count). The Morgan fingerprint density at radius 3 is 2.00 bits per heavy atom. The molecule has 1 aliphatic heterocycles. The fraction of sp³-hybridized carbons (Fsp3) is 1.00. The van der Waals surface area contributed by atoms with E-state index < -0.39 is 11.3 Å². The van der Waals surface area contributed by atoms with Crippen LogP contribution in [0.1, 0.15) is 52.9 Å². The summed E-state index contributed by atoms with van der Waals surface area (Å²) in [6.45, 7) is 8.89. The average Bonchev–Trinajstić information content (AvgIpc) is 3.26. The second kappa shape index (κ2) is 4.64. The zero-order valence-electron chi connectivity index (χ0n) is 12.9. The van der Waals surface area contributed by atoms with Gasteiger partial charge in [0.1, 0.15) is 0 Å². The Bertz CT molecular complexity index is 371. The van der Waals surface area contributed by atoms with Crippen LogP contribution in [-0.4, -0.2) is 42.7 Å². The standard InChI is InChI=1S/C16H27F2NO/c1-12(2)20-11-14(4-5-14)13(3)19-8-6-15(7-9-19)10-16(15,17)18/h12-13H,4-11H2,1-3H3. The van der Waals surface area contributed by atoms with Gasteiger partial charge < -0.3 is 4.74 Å². The number of piperidine rings is 1. The smallest absolute Gasteiger partial charge is 0.254 e. The summed E-state index contributed by atoms with van der Waals surface area (Å²) in [4.78, 5) is 2.43. The summed E-state index contributed by atoms with van der Waals surface area (Å²) in [6, 6.07) is 0.464. The number of alkyl halides is 2. The van der Waals surface area contributed by atoms with Gasteiger partial charge in [-0.2, -0.15) is 0 Å². The first-order valence-electron chi connectivity index (χ1n) is 8.04. The van der Waals surface area contributed by atoms with Crippen LogP contribution in [0, 0.1) is 10.8 Å². The fourth-order valence-electron chi connectivity index (χ4n) is 3.83. The monoisotopic (exact) mass is 287 g/mol. The summed E-state index contributed by atoms with van der Waals surface area (Å²) >= 11 is 0. The summed E-state index contributed by atoms with van der Waals surface area (Å²) in [7, 11) is 0. The van der Waals surface area contributed by atoms with Crippen molar-refractivity contribution < 1.29 is 13.5 Å². The molecule has 2 saturated carbocycles. The van der Waals surface area contributed by atoms with Gasteiger partial charge in [0.25, 0.3) is 5.92 Å². The van der Waals surface area contributed by atoms with E-state index in [0.29, 0.717) is 24.3 Å². The lowest BCUT2D eigenvalue weighted by molar-refractivity contribution is -0.0138. The summed E-state index contributed by atoms with van der Waals surface area (Å²) in [5, 5.41) is 0. The highest BCUT2D eigenvalue weighted by Crippen LogP contribution is 2.66. The predicted octanol–water partition coefficient (Wildman–Crippen LogP) is 3.70. The second-order valence-corrected chi connectivity index (χ2v) is 7.60. The van der Waals surface area contributed by atoms with E-state index in [1.54, 1.807) is 0 Å². The second-order valence-electron chi connectivity index (χ2n) is 7.60. The van der Waals surface area contributed by atoms with Crippen molar-refractivity contribution >= 4 is 0 Å². The SMILES string of the molecule is CC(C)OCC1(C(C)N2CCC3(CC2)CC3(F)F)CC1. The molecule has 116 valence electrons. The Labute approximate surface area is 120 Å². The lowest BCUT2D eigenvalue weighted by Crippen LogP contribution is -2.47. The molecule has 0 aromatic rings. The molecule has 3 fully saturated rings. The van der Waals surface area contributed by atoms with Crippen molar-refractivity contribution in [2.45, 2.75) is 70.9 Å². The van der Waals surface area contributed by atoms with Gasteiger partial charge >= 0.3 is 0 Å². The van der Waals surface area contributed by atoms with E-state index in [2.05, 4.69) is 25.7 Å². The van der Waals surface area contributed by atoms with Gasteiger partial charge in [-0.15, -0.1) is 0 Å². The van der Waals surface area contributed by atoms with Gasteiger partial charge in [-0.1, -0.05) is 0 Å². The number of nitrogens with zero attached hydrogens (tertiary/aromatic N) is 1. The molecule has 20 heavy (non-hydrogen) atoms. The zero-order chi connectivity index (χ0) is 14.6. The van der Waals surface area contributed by atoms with E-state index in [9.17, 15) is 8.78 Å². The fourth-order valence-corrected chi connectivity index (χ4v) is 3.83. The maximum Gasteiger partial charge on any atom is 0.254 e. The first-order valence-corrected chi connectivity index (χ1v) is 8.04. The van der Waals surface area contributed by atoms with Crippen LogP contribution in [0.4, 0.5) is 8.78 Å². The van der Waals surface area contributed by atoms with Gasteiger partial charge in [0.05, 0.1) is 12.7 Å². The molecule has 0 N–H and O–H groups in total. The van der Waals surface area contributed by atoms with E-state index in [0.717, 1.165) is 19.7 Å². The lowest BCUT2D eigenvalue weighted by Gasteiger charge is -2.40. The van der Waals surface area contributed by atoms with E-state index in [4.69, 9.17) is 4.74 Å². The molecule has 4 heteroatoms. The van der Waals surface area contributed by atoms with Gasteiger partial charge in [-0.05, 0) is 59.5 Å². The van der Waals surface area contributed by atoms with Crippen molar-refractivity contribution in [3.8, 4) is 0 Å². The van der Waals surface area contributed by atoms with Crippen molar-refractivity contribution in [1.82, 2.24) is 4.90 Å². The molecule has 0 aromatic carbocycles. The number of rotatable bonds is 5. The number of ether oxygens (including phenoxy) is 1. The molecule has 1 unspecified atom stereocenters. The maximum atomic E-state index is 13.4. The summed E-state index contributed by atoms with van der Waals surface area (Å²) in [5.41, 5.74) is -0.338. The van der Waals surface area contributed by atoms with Crippen molar-refractivity contribution in [1.29, 1.82) is 0 Å². The summed E-state index contributed by atoms with van der Waals surface area (Å²) < 4.78 is 32.7. The van der Waals surface area contributed by atoms with Crippen molar-refractivity contribution in [2.75, 3.05) is 19.7 Å². The lowest BCUT2D eigenvalue weighted by atomic mass is 9.89. The minimum atomic E-state index is -2.37. The van der Waals surface area contributed by atoms with Crippen LogP contribution in [0.25, 0.3) is 0 Å². The molecule has 0 bridgehead atoms. The molecular weight excluding hydrogens is 260 g/mol. The highest BCUT2D eigenvalue weighted by atomic mass is 19.3. The van der Waals surface area contributed by atoms with Crippen LogP contribution in [0.2, 0.25) is 0 Å². The Morgan fingerprint density at radius 1 is 1.05 bits per heavy atom. The first kappa shape index (κ1) is 14.7. The number of hydrogen-bond donors (Lipinski definition) is 0. The molecule has 3 aliphatic rings. The normalized spacial score (nSPS) is 31.5. The highest BCUT2D eigenvalue weighted by molar-refractivity contribution is 5.13. The third-order valence-corrected chi connectivity index (χ3v) is 6.00. The first-order chi connectivity index (χ1) is 9.30. The Hall–Kier alpha value is -0.220. The third-order valence-electron chi connectivity index (χ3n) is 6.00. The zero-order valence-corrected chi connectivity index (χ0v) is 12.9. The van der Waals surface area contributed by atoms with E-state index in [-0.39, 0.29) is 12.5 Å². The van der Waals surface area contributed by atoms with Crippen molar-refractivity contribution in [3.05, 3.63) is 0 Å². The van der Waals surface area contributed by atoms with Gasteiger partial charge in [-0.25, -0.2) is 8.78 Å². The molecule has 1 atom stereocenters. The van der Waals surface area contributed by atoms with E-state index in [1.807, 2.05) is 0 Å². The molecular formula is C16H27F2NO. The summed E-state index contributed by atoms with van der Waals surface area (Å²) in [6.07, 6.45) is 4.19. The number of hydrogen-bond acceptors (Lipinski definition) is 2. The topological polar surface area (TPSA) is 12.5 Å². The molecule has 0 aromatic heterocycles. The van der Waals surface area contributed by atoms with Gasteiger partial charge in [0.15, 0.2) is 0 Å². The van der Waals surface area contributed by atoms with Crippen LogP contribution >= 0.6 is 0 Å². The molecule has 2 nitrogen and oxygen atoms in total. The largest absolute Gasteiger partial charge is 0.378 e. The molecule has 1 spiro atoms. The predicted molar refractivity (Wildman–Crippen MR) is 75.0 cm³/mol. The van der Waals surface area contributed by atoms with Crippen LogP contribution in [0.5, 0.6) is 0 Å². The van der Waals surface area contributed by atoms with Crippen LogP contribution in [0.15, 0.2) is 0 Å². The molecule has 0 radical (unpaired) electrons. The van der Waals surface area contributed by atoms with Gasteiger partial charge in [-0.3, -0.25) is 4.90 Å². The average molecular weight is 287 g/mol. The van der Waals surface area contributed by atoms with Crippen LogP contribution in [-0.2, 0) is 4.74 Å². The number of likely N-dealkylation sites (tertiary alicyclic amines) is 1. The minimum absolute atomic E-state index is 0.129. The molecule has 0 amide bonds. The summed E-state index contributed by atoms with van der Waals surface area (Å²) in [5.74, 6) is -2.37. The van der Waals surface area contributed by atoms with Crippen LogP contribution in [0.3, 0.4) is 0 Å². The van der Waals surface area contributed by atoms with Crippen LogP contribution < -0.4 is 0 Å². The van der Waals surface area contributed by atoms with Gasteiger partial charge in [0.2, 0.25) is 0 Å².